The Bertz CT molecular complexity index is 320. The molecule has 0 aliphatic rings. The van der Waals surface area contributed by atoms with Crippen LogP contribution < -0.4 is 5.32 Å². The van der Waals surface area contributed by atoms with E-state index in [0.29, 0.717) is 10.0 Å². The van der Waals surface area contributed by atoms with Gasteiger partial charge in [0.2, 0.25) is 0 Å². The zero-order chi connectivity index (χ0) is 10.6. The number of hydrogen-bond donors (Lipinski definition) is 1. The van der Waals surface area contributed by atoms with E-state index in [0.717, 1.165) is 22.5 Å². The zero-order valence-corrected chi connectivity index (χ0v) is 11.5. The fourth-order valence-electron chi connectivity index (χ4n) is 0.950. The summed E-state index contributed by atoms with van der Waals surface area (Å²) in [7, 11) is 0. The molecule has 0 atom stereocenters. The number of halogens is 3. The maximum absolute atomic E-state index is 6.05. The maximum atomic E-state index is 6.05. The first-order valence-electron chi connectivity index (χ1n) is 4.03. The van der Waals surface area contributed by atoms with Crippen LogP contribution in [0.4, 0.5) is 5.69 Å². The van der Waals surface area contributed by atoms with E-state index < -0.39 is 0 Å². The van der Waals surface area contributed by atoms with Gasteiger partial charge in [0.15, 0.2) is 0 Å². The van der Waals surface area contributed by atoms with E-state index >= 15 is 0 Å². The van der Waals surface area contributed by atoms with E-state index in [1.165, 1.54) is 0 Å². The van der Waals surface area contributed by atoms with E-state index in [4.69, 9.17) is 23.2 Å². The van der Waals surface area contributed by atoms with E-state index in [-0.39, 0.29) is 0 Å². The normalized spacial score (nSPS) is 10.3. The summed E-state index contributed by atoms with van der Waals surface area (Å²) < 4.78 is 0.819. The maximum Gasteiger partial charge on any atom is 0.0835 e. The van der Waals surface area contributed by atoms with Crippen LogP contribution >= 0.6 is 50.9 Å². The lowest BCUT2D eigenvalue weighted by Crippen LogP contribution is -2.04. The summed E-state index contributed by atoms with van der Waals surface area (Å²) in [4.78, 5) is 0. The highest BCUT2D eigenvalue weighted by Gasteiger charge is 2.07. The molecule has 0 saturated heterocycles. The molecule has 0 amide bonds. The minimum atomic E-state index is 0.556. The number of hydrogen-bond acceptors (Lipinski definition) is 2. The van der Waals surface area contributed by atoms with Crippen LogP contribution in [0.1, 0.15) is 0 Å². The van der Waals surface area contributed by atoms with Gasteiger partial charge in [-0.25, -0.2) is 0 Å². The summed E-state index contributed by atoms with van der Waals surface area (Å²) in [6, 6.07) is 3.80. The van der Waals surface area contributed by atoms with Gasteiger partial charge in [0.25, 0.3) is 0 Å². The Morgan fingerprint density at radius 1 is 1.36 bits per heavy atom. The molecule has 1 aromatic rings. The van der Waals surface area contributed by atoms with Crippen LogP contribution in [-0.2, 0) is 0 Å². The molecule has 0 aromatic heterocycles. The molecule has 1 aromatic carbocycles. The average molecular weight is 315 g/mol. The second-order valence-corrected chi connectivity index (χ2v) is 5.24. The highest BCUT2D eigenvalue weighted by Crippen LogP contribution is 2.35. The SMILES string of the molecule is CSCCNc1ccc(Br)c(Cl)c1Cl. The highest BCUT2D eigenvalue weighted by atomic mass is 79.9. The molecule has 0 spiro atoms. The Labute approximate surface area is 107 Å². The van der Waals surface area contributed by atoms with E-state index in [1.807, 2.05) is 12.1 Å². The van der Waals surface area contributed by atoms with Crippen molar-refractivity contribution < 1.29 is 0 Å². The summed E-state index contributed by atoms with van der Waals surface area (Å²) in [5.74, 6) is 1.05. The molecule has 0 aliphatic carbocycles. The summed E-state index contributed by atoms with van der Waals surface area (Å²) in [6.45, 7) is 0.888. The Balaban J connectivity index is 2.73. The number of nitrogens with one attached hydrogen (secondary N) is 1. The van der Waals surface area contributed by atoms with Gasteiger partial charge in [0, 0.05) is 16.8 Å². The van der Waals surface area contributed by atoms with Crippen LogP contribution in [0.2, 0.25) is 10.0 Å². The first kappa shape index (κ1) is 12.5. The van der Waals surface area contributed by atoms with E-state index in [1.54, 1.807) is 11.8 Å². The third kappa shape index (κ3) is 3.23. The Morgan fingerprint density at radius 3 is 2.71 bits per heavy atom. The molecule has 0 heterocycles. The van der Waals surface area contributed by atoms with Crippen molar-refractivity contribution in [3.05, 3.63) is 26.7 Å². The van der Waals surface area contributed by atoms with Gasteiger partial charge in [-0.05, 0) is 34.3 Å². The molecule has 0 radical (unpaired) electrons. The van der Waals surface area contributed by atoms with Crippen LogP contribution in [0, 0.1) is 0 Å². The number of rotatable bonds is 4. The standard InChI is InChI=1S/C9H10BrCl2NS/c1-14-5-4-13-7-3-2-6(10)8(11)9(7)12/h2-3,13H,4-5H2,1H3. The molecular weight excluding hydrogens is 305 g/mol. The van der Waals surface area contributed by atoms with Crippen LogP contribution in [-0.4, -0.2) is 18.6 Å². The van der Waals surface area contributed by atoms with Gasteiger partial charge in [-0.15, -0.1) is 0 Å². The van der Waals surface area contributed by atoms with Gasteiger partial charge in [-0.3, -0.25) is 0 Å². The second-order valence-electron chi connectivity index (χ2n) is 2.64. The zero-order valence-electron chi connectivity index (χ0n) is 7.61. The second kappa shape index (κ2) is 6.11. The van der Waals surface area contributed by atoms with Gasteiger partial charge in [-0.2, -0.15) is 11.8 Å². The van der Waals surface area contributed by atoms with Crippen molar-refractivity contribution in [2.75, 3.05) is 23.9 Å². The molecule has 1 nitrogen and oxygen atoms in total. The lowest BCUT2D eigenvalue weighted by Gasteiger charge is -2.09. The van der Waals surface area contributed by atoms with Crippen molar-refractivity contribution >= 4 is 56.6 Å². The van der Waals surface area contributed by atoms with Crippen molar-refractivity contribution in [1.29, 1.82) is 0 Å². The predicted molar refractivity (Wildman–Crippen MR) is 71.0 cm³/mol. The van der Waals surface area contributed by atoms with Crippen molar-refractivity contribution in [2.45, 2.75) is 0 Å². The summed E-state index contributed by atoms with van der Waals surface area (Å²) in [5.41, 5.74) is 0.883. The molecule has 1 rings (SSSR count). The van der Waals surface area contributed by atoms with E-state index in [9.17, 15) is 0 Å². The molecule has 78 valence electrons. The monoisotopic (exact) mass is 313 g/mol. The number of anilines is 1. The van der Waals surface area contributed by atoms with Crippen molar-refractivity contribution in [1.82, 2.24) is 0 Å². The lowest BCUT2D eigenvalue weighted by molar-refractivity contribution is 1.23. The van der Waals surface area contributed by atoms with Crippen molar-refractivity contribution in [2.24, 2.45) is 0 Å². The smallest absolute Gasteiger partial charge is 0.0835 e. The Morgan fingerprint density at radius 2 is 2.07 bits per heavy atom. The highest BCUT2D eigenvalue weighted by molar-refractivity contribution is 9.10. The molecule has 0 bridgehead atoms. The third-order valence-corrected chi connectivity index (χ3v) is 4.04. The Kier molecular flexibility index (Phi) is 5.45. The Hall–Kier alpha value is 0.430. The molecular formula is C9H10BrCl2NS. The quantitative estimate of drug-likeness (QED) is 0.647. The first-order chi connectivity index (χ1) is 6.66. The predicted octanol–water partition coefficient (Wildman–Crippen LogP) is 4.53. The summed E-state index contributed by atoms with van der Waals surface area (Å²) >= 11 is 17.1. The molecule has 1 N–H and O–H groups in total. The molecule has 0 fully saturated rings. The van der Waals surface area contributed by atoms with Crippen molar-refractivity contribution in [3.63, 3.8) is 0 Å². The number of thioether (sulfide) groups is 1. The average Bonchev–Trinajstić information content (AvgIpc) is 2.18. The third-order valence-electron chi connectivity index (χ3n) is 1.66. The van der Waals surface area contributed by atoms with Crippen LogP contribution in [0.15, 0.2) is 16.6 Å². The van der Waals surface area contributed by atoms with Gasteiger partial charge < -0.3 is 5.32 Å². The molecule has 14 heavy (non-hydrogen) atoms. The van der Waals surface area contributed by atoms with Crippen LogP contribution in [0.3, 0.4) is 0 Å². The summed E-state index contributed by atoms with van der Waals surface area (Å²) in [5, 5.41) is 4.35. The minimum absolute atomic E-state index is 0.556. The van der Waals surface area contributed by atoms with Gasteiger partial charge in [-0.1, -0.05) is 23.2 Å². The van der Waals surface area contributed by atoms with Gasteiger partial charge >= 0.3 is 0 Å². The first-order valence-corrected chi connectivity index (χ1v) is 6.97. The molecule has 0 unspecified atom stereocenters. The van der Waals surface area contributed by atoms with Crippen molar-refractivity contribution in [3.8, 4) is 0 Å². The number of benzene rings is 1. The summed E-state index contributed by atoms with van der Waals surface area (Å²) in [6.07, 6.45) is 2.07. The van der Waals surface area contributed by atoms with Gasteiger partial charge in [0.1, 0.15) is 0 Å². The van der Waals surface area contributed by atoms with E-state index in [2.05, 4.69) is 27.5 Å². The lowest BCUT2D eigenvalue weighted by atomic mass is 10.3. The molecule has 0 aliphatic heterocycles. The van der Waals surface area contributed by atoms with Crippen LogP contribution in [0.25, 0.3) is 0 Å². The van der Waals surface area contributed by atoms with Crippen LogP contribution in [0.5, 0.6) is 0 Å². The fourth-order valence-corrected chi connectivity index (χ4v) is 2.10. The minimum Gasteiger partial charge on any atom is -0.383 e. The largest absolute Gasteiger partial charge is 0.383 e. The van der Waals surface area contributed by atoms with Gasteiger partial charge in [0.05, 0.1) is 15.7 Å². The molecule has 0 saturated carbocycles. The molecule has 5 heteroatoms. The topological polar surface area (TPSA) is 12.0 Å². The fraction of sp³-hybridized carbons (Fsp3) is 0.333.